The molecule has 1 aromatic carbocycles. The van der Waals surface area contributed by atoms with Crippen molar-refractivity contribution in [3.63, 3.8) is 0 Å². The predicted octanol–water partition coefficient (Wildman–Crippen LogP) is 2.24. The Morgan fingerprint density at radius 2 is 2.20 bits per heavy atom. The summed E-state index contributed by atoms with van der Waals surface area (Å²) in [5.41, 5.74) is 1.87. The van der Waals surface area contributed by atoms with Gasteiger partial charge in [-0.1, -0.05) is 12.1 Å². The van der Waals surface area contributed by atoms with Crippen molar-refractivity contribution in [3.8, 4) is 11.8 Å². The molecule has 0 radical (unpaired) electrons. The van der Waals surface area contributed by atoms with E-state index in [1.807, 2.05) is 19.1 Å². The van der Waals surface area contributed by atoms with Crippen molar-refractivity contribution < 1.29 is 13.2 Å². The van der Waals surface area contributed by atoms with Crippen LogP contribution in [-0.2, 0) is 15.8 Å². The molecule has 130 valence electrons. The highest BCUT2D eigenvalue weighted by molar-refractivity contribution is 7.88. The zero-order valence-corrected chi connectivity index (χ0v) is 14.7. The van der Waals surface area contributed by atoms with E-state index in [1.165, 1.54) is 4.31 Å². The van der Waals surface area contributed by atoms with E-state index in [1.54, 1.807) is 36.5 Å². The molecule has 0 aliphatic carbocycles. The van der Waals surface area contributed by atoms with Crippen LogP contribution in [-0.4, -0.2) is 36.9 Å². The van der Waals surface area contributed by atoms with Crippen molar-refractivity contribution in [1.82, 2.24) is 9.29 Å². The molecule has 3 rings (SSSR count). The minimum Gasteiger partial charge on any atom is -0.487 e. The van der Waals surface area contributed by atoms with Crippen molar-refractivity contribution in [2.24, 2.45) is 0 Å². The van der Waals surface area contributed by atoms with Crippen LogP contribution < -0.4 is 4.74 Å². The number of aryl methyl sites for hydroxylation is 1. The molecule has 0 spiro atoms. The van der Waals surface area contributed by atoms with Gasteiger partial charge in [0.2, 0.25) is 10.0 Å². The minimum atomic E-state index is -3.45. The maximum Gasteiger partial charge on any atom is 0.218 e. The lowest BCUT2D eigenvalue weighted by Gasteiger charge is -2.18. The molecule has 0 amide bonds. The molecule has 2 aromatic rings. The Morgan fingerprint density at radius 1 is 1.36 bits per heavy atom. The minimum absolute atomic E-state index is 0.110. The summed E-state index contributed by atoms with van der Waals surface area (Å²) in [6.45, 7) is 2.62. The Hall–Kier alpha value is -2.43. The molecule has 1 atom stereocenters. The third kappa shape index (κ3) is 4.16. The van der Waals surface area contributed by atoms with Gasteiger partial charge in [0.1, 0.15) is 11.9 Å². The van der Waals surface area contributed by atoms with E-state index in [2.05, 4.69) is 4.98 Å². The Balaban J connectivity index is 1.66. The molecule has 7 heteroatoms. The predicted molar refractivity (Wildman–Crippen MR) is 93.4 cm³/mol. The maximum atomic E-state index is 12.6. The van der Waals surface area contributed by atoms with Crippen LogP contribution >= 0.6 is 0 Å². The van der Waals surface area contributed by atoms with Gasteiger partial charge in [-0.05, 0) is 43.2 Å². The third-order valence-electron chi connectivity index (χ3n) is 4.16. The largest absolute Gasteiger partial charge is 0.487 e. The second-order valence-electron chi connectivity index (χ2n) is 6.04. The van der Waals surface area contributed by atoms with E-state index in [4.69, 9.17) is 10.00 Å². The summed E-state index contributed by atoms with van der Waals surface area (Å²) in [6, 6.07) is 12.4. The van der Waals surface area contributed by atoms with E-state index >= 15 is 0 Å². The Labute approximate surface area is 147 Å². The molecule has 6 nitrogen and oxygen atoms in total. The lowest BCUT2D eigenvalue weighted by atomic mass is 10.2. The highest BCUT2D eigenvalue weighted by Crippen LogP contribution is 2.23. The molecule has 0 saturated carbocycles. The standard InChI is InChI=1S/C18H19N3O3S/c1-14-18(6-3-8-20-14)24-17-7-9-21(12-17)25(22,23)13-16-5-2-4-15(10-16)11-19/h2-6,8,10,17H,7,9,12-13H2,1H3/t17-/m1/s1. The van der Waals surface area contributed by atoms with Gasteiger partial charge in [-0.3, -0.25) is 4.98 Å². The molecule has 0 N–H and O–H groups in total. The van der Waals surface area contributed by atoms with Crippen molar-refractivity contribution in [1.29, 1.82) is 5.26 Å². The average molecular weight is 357 g/mol. The van der Waals surface area contributed by atoms with Gasteiger partial charge in [0.05, 0.1) is 29.6 Å². The van der Waals surface area contributed by atoms with Crippen molar-refractivity contribution in [2.45, 2.75) is 25.2 Å². The molecule has 0 unspecified atom stereocenters. The fourth-order valence-corrected chi connectivity index (χ4v) is 4.41. The Bertz CT molecular complexity index is 906. The molecule has 25 heavy (non-hydrogen) atoms. The van der Waals surface area contributed by atoms with Crippen molar-refractivity contribution in [2.75, 3.05) is 13.1 Å². The fourth-order valence-electron chi connectivity index (χ4n) is 2.85. The lowest BCUT2D eigenvalue weighted by Crippen LogP contribution is -2.32. The zero-order valence-electron chi connectivity index (χ0n) is 13.9. The number of nitrogens with zero attached hydrogens (tertiary/aromatic N) is 3. The van der Waals surface area contributed by atoms with Gasteiger partial charge in [-0.15, -0.1) is 0 Å². The first-order valence-electron chi connectivity index (χ1n) is 8.03. The summed E-state index contributed by atoms with van der Waals surface area (Å²) in [4.78, 5) is 4.18. The van der Waals surface area contributed by atoms with Crippen molar-refractivity contribution >= 4 is 10.0 Å². The van der Waals surface area contributed by atoms with Crippen LogP contribution in [0.15, 0.2) is 42.6 Å². The SMILES string of the molecule is Cc1ncccc1O[C@@H]1CCN(S(=O)(=O)Cc2cccc(C#N)c2)C1. The number of hydrogen-bond acceptors (Lipinski definition) is 5. The quantitative estimate of drug-likeness (QED) is 0.819. The first-order valence-corrected chi connectivity index (χ1v) is 9.64. The zero-order chi connectivity index (χ0) is 17.9. The van der Waals surface area contributed by atoms with Gasteiger partial charge < -0.3 is 4.74 Å². The van der Waals surface area contributed by atoms with Crippen LogP contribution in [0.25, 0.3) is 0 Å². The van der Waals surface area contributed by atoms with Crippen LogP contribution in [0.1, 0.15) is 23.2 Å². The number of nitriles is 1. The van der Waals surface area contributed by atoms with E-state index in [9.17, 15) is 8.42 Å². The Morgan fingerprint density at radius 3 is 2.96 bits per heavy atom. The highest BCUT2D eigenvalue weighted by atomic mass is 32.2. The molecule has 1 aliphatic rings. The monoisotopic (exact) mass is 357 g/mol. The number of hydrogen-bond donors (Lipinski definition) is 0. The molecule has 1 aromatic heterocycles. The summed E-state index contributed by atoms with van der Waals surface area (Å²) in [5.74, 6) is 0.578. The molecule has 0 bridgehead atoms. The molecular formula is C18H19N3O3S. The van der Waals surface area contributed by atoms with E-state index in [-0.39, 0.29) is 11.9 Å². The first-order chi connectivity index (χ1) is 12.0. The number of ether oxygens (including phenoxy) is 1. The normalized spacial score (nSPS) is 18.0. The number of sulfonamides is 1. The third-order valence-corrected chi connectivity index (χ3v) is 5.97. The smallest absolute Gasteiger partial charge is 0.218 e. The summed E-state index contributed by atoms with van der Waals surface area (Å²) in [7, 11) is -3.45. The lowest BCUT2D eigenvalue weighted by molar-refractivity contribution is 0.213. The second-order valence-corrected chi connectivity index (χ2v) is 8.01. The topological polar surface area (TPSA) is 83.3 Å². The van der Waals surface area contributed by atoms with Crippen LogP contribution in [0.3, 0.4) is 0 Å². The summed E-state index contributed by atoms with van der Waals surface area (Å²) in [6.07, 6.45) is 2.16. The Kier molecular flexibility index (Phi) is 5.02. The van der Waals surface area contributed by atoms with E-state index < -0.39 is 10.0 Å². The van der Waals surface area contributed by atoms with Crippen molar-refractivity contribution in [3.05, 3.63) is 59.4 Å². The van der Waals surface area contributed by atoms with Crippen LogP contribution in [0.5, 0.6) is 5.75 Å². The first kappa shape index (κ1) is 17.4. The van der Waals surface area contributed by atoms with Crippen LogP contribution in [0.2, 0.25) is 0 Å². The number of aromatic nitrogens is 1. The molecule has 1 saturated heterocycles. The molecule has 1 fully saturated rings. The summed E-state index contributed by atoms with van der Waals surface area (Å²) in [5, 5.41) is 8.94. The van der Waals surface area contributed by atoms with Gasteiger partial charge in [0.15, 0.2) is 0 Å². The molecule has 1 aliphatic heterocycles. The number of pyridine rings is 1. The number of benzene rings is 1. The van der Waals surface area contributed by atoms with Gasteiger partial charge in [-0.25, -0.2) is 8.42 Å². The van der Waals surface area contributed by atoms with Crippen LogP contribution in [0, 0.1) is 18.3 Å². The highest BCUT2D eigenvalue weighted by Gasteiger charge is 2.32. The van der Waals surface area contributed by atoms with Gasteiger partial charge in [0.25, 0.3) is 0 Å². The van der Waals surface area contributed by atoms with E-state index in [0.29, 0.717) is 36.4 Å². The fraction of sp³-hybridized carbons (Fsp3) is 0.333. The van der Waals surface area contributed by atoms with Crippen LogP contribution in [0.4, 0.5) is 0 Å². The summed E-state index contributed by atoms with van der Waals surface area (Å²) < 4.78 is 32.7. The maximum absolute atomic E-state index is 12.6. The second kappa shape index (κ2) is 7.21. The number of rotatable bonds is 5. The molecular weight excluding hydrogens is 338 g/mol. The van der Waals surface area contributed by atoms with Gasteiger partial charge in [-0.2, -0.15) is 9.57 Å². The van der Waals surface area contributed by atoms with E-state index in [0.717, 1.165) is 5.69 Å². The van der Waals surface area contributed by atoms with Gasteiger partial charge >= 0.3 is 0 Å². The molecule has 2 heterocycles. The average Bonchev–Trinajstić information content (AvgIpc) is 3.06. The van der Waals surface area contributed by atoms with Gasteiger partial charge in [0, 0.05) is 12.7 Å². The summed E-state index contributed by atoms with van der Waals surface area (Å²) >= 11 is 0.